The van der Waals surface area contributed by atoms with Crippen LogP contribution < -0.4 is 5.32 Å². The number of nitrogens with zero attached hydrogens (tertiary/aromatic N) is 1. The molecule has 1 saturated carbocycles. The van der Waals surface area contributed by atoms with Crippen LogP contribution in [0.3, 0.4) is 0 Å². The van der Waals surface area contributed by atoms with E-state index in [-0.39, 0.29) is 5.60 Å². The van der Waals surface area contributed by atoms with E-state index in [4.69, 9.17) is 9.72 Å². The second-order valence-electron chi connectivity index (χ2n) is 6.52. The molecule has 0 aliphatic heterocycles. The summed E-state index contributed by atoms with van der Waals surface area (Å²) in [7, 11) is 2.10. The predicted molar refractivity (Wildman–Crippen MR) is 85.6 cm³/mol. The molecule has 0 amide bonds. The molecule has 0 saturated heterocycles. The lowest BCUT2D eigenvalue weighted by Gasteiger charge is -2.45. The van der Waals surface area contributed by atoms with Gasteiger partial charge in [-0.15, -0.1) is 0 Å². The minimum absolute atomic E-state index is 0.00550. The molecule has 2 aliphatic rings. The van der Waals surface area contributed by atoms with Crippen molar-refractivity contribution >= 4 is 0 Å². The molecule has 0 spiro atoms. The molecule has 3 rings (SSSR count). The molecule has 1 aromatic heterocycles. The van der Waals surface area contributed by atoms with Crippen molar-refractivity contribution in [1.29, 1.82) is 0 Å². The van der Waals surface area contributed by atoms with Gasteiger partial charge in [0.25, 0.3) is 0 Å². The Balaban J connectivity index is 1.90. The van der Waals surface area contributed by atoms with Gasteiger partial charge in [-0.3, -0.25) is 4.98 Å². The van der Waals surface area contributed by atoms with E-state index in [1.807, 2.05) is 6.20 Å². The molecule has 2 aliphatic carbocycles. The molecule has 1 aromatic rings. The van der Waals surface area contributed by atoms with Crippen LogP contribution in [-0.2, 0) is 11.2 Å². The number of aryl methyl sites for hydroxylation is 1. The minimum Gasteiger partial charge on any atom is -0.374 e. The number of ether oxygens (including phenoxy) is 1. The summed E-state index contributed by atoms with van der Waals surface area (Å²) in [5, 5.41) is 3.62. The Hall–Kier alpha value is -0.930. The Morgan fingerprint density at radius 1 is 1.38 bits per heavy atom. The van der Waals surface area contributed by atoms with Crippen LogP contribution in [0.2, 0.25) is 0 Å². The van der Waals surface area contributed by atoms with Crippen molar-refractivity contribution in [2.75, 3.05) is 13.7 Å². The summed E-state index contributed by atoms with van der Waals surface area (Å²) in [6.07, 6.45) is 10.6. The minimum atomic E-state index is 0.00550. The van der Waals surface area contributed by atoms with Crippen molar-refractivity contribution in [1.82, 2.24) is 10.3 Å². The molecule has 1 heterocycles. The molecule has 1 N–H and O–H groups in total. The monoisotopic (exact) mass is 288 g/mol. The molecule has 2 atom stereocenters. The molecule has 21 heavy (non-hydrogen) atoms. The van der Waals surface area contributed by atoms with Crippen molar-refractivity contribution in [3.8, 4) is 0 Å². The van der Waals surface area contributed by atoms with Gasteiger partial charge in [0.1, 0.15) is 0 Å². The van der Waals surface area contributed by atoms with E-state index in [0.29, 0.717) is 12.0 Å². The topological polar surface area (TPSA) is 34.1 Å². The largest absolute Gasteiger partial charge is 0.374 e. The van der Waals surface area contributed by atoms with Gasteiger partial charge in [-0.25, -0.2) is 0 Å². The van der Waals surface area contributed by atoms with Gasteiger partial charge in [0.2, 0.25) is 0 Å². The van der Waals surface area contributed by atoms with E-state index in [1.165, 1.54) is 49.8 Å². The van der Waals surface area contributed by atoms with Crippen molar-refractivity contribution in [3.63, 3.8) is 0 Å². The third-order valence-corrected chi connectivity index (χ3v) is 5.41. The van der Waals surface area contributed by atoms with Gasteiger partial charge in [-0.1, -0.05) is 25.3 Å². The lowest BCUT2D eigenvalue weighted by Crippen LogP contribution is -2.55. The Morgan fingerprint density at radius 3 is 2.90 bits per heavy atom. The molecule has 3 heteroatoms. The van der Waals surface area contributed by atoms with Gasteiger partial charge in [-0.2, -0.15) is 0 Å². The fourth-order valence-corrected chi connectivity index (χ4v) is 4.58. The highest BCUT2D eigenvalue weighted by Gasteiger charge is 2.46. The number of rotatable bonds is 5. The average molecular weight is 288 g/mol. The molecular weight excluding hydrogens is 260 g/mol. The van der Waals surface area contributed by atoms with Crippen LogP contribution in [0.4, 0.5) is 0 Å². The summed E-state index contributed by atoms with van der Waals surface area (Å²) in [5.74, 6) is 0.496. The number of nitrogens with one attached hydrogen (secondary N) is 1. The number of pyridine rings is 1. The van der Waals surface area contributed by atoms with Crippen molar-refractivity contribution < 1.29 is 4.74 Å². The highest BCUT2D eigenvalue weighted by atomic mass is 16.5. The number of hydrogen-bond acceptors (Lipinski definition) is 3. The second kappa shape index (κ2) is 6.45. The fraction of sp³-hybridized carbons (Fsp3) is 0.722. The van der Waals surface area contributed by atoms with E-state index in [0.717, 1.165) is 13.0 Å². The van der Waals surface area contributed by atoms with Gasteiger partial charge in [0.05, 0.1) is 5.60 Å². The SMILES string of the molecule is CCOC1(C(NC)C2CCc3cccnc32)CCCCC1. The van der Waals surface area contributed by atoms with Crippen LogP contribution in [0.15, 0.2) is 18.3 Å². The number of likely N-dealkylation sites (N-methyl/N-ethyl adjacent to an activating group) is 1. The first-order valence-electron chi connectivity index (χ1n) is 8.56. The molecule has 116 valence electrons. The van der Waals surface area contributed by atoms with Crippen LogP contribution in [0, 0.1) is 0 Å². The number of fused-ring (bicyclic) bond motifs is 1. The summed E-state index contributed by atoms with van der Waals surface area (Å²) in [6, 6.07) is 4.69. The standard InChI is InChI=1S/C18H28N2O/c1-3-21-18(11-5-4-6-12-18)17(19-2)15-10-9-14-8-7-13-20-16(14)15/h7-8,13,15,17,19H,3-6,9-12H2,1-2H3. The third kappa shape index (κ3) is 2.74. The van der Waals surface area contributed by atoms with Crippen molar-refractivity contribution in [3.05, 3.63) is 29.6 Å². The van der Waals surface area contributed by atoms with Gasteiger partial charge in [-0.05, 0) is 51.3 Å². The Morgan fingerprint density at radius 2 is 2.19 bits per heavy atom. The van der Waals surface area contributed by atoms with E-state index >= 15 is 0 Å². The maximum absolute atomic E-state index is 6.36. The van der Waals surface area contributed by atoms with E-state index in [2.05, 4.69) is 31.4 Å². The number of hydrogen-bond donors (Lipinski definition) is 1. The number of aromatic nitrogens is 1. The van der Waals surface area contributed by atoms with Crippen LogP contribution in [0.25, 0.3) is 0 Å². The highest BCUT2D eigenvalue weighted by molar-refractivity contribution is 5.31. The van der Waals surface area contributed by atoms with Crippen molar-refractivity contribution in [2.24, 2.45) is 0 Å². The van der Waals surface area contributed by atoms with Gasteiger partial charge in [0.15, 0.2) is 0 Å². The second-order valence-corrected chi connectivity index (χ2v) is 6.52. The zero-order valence-electron chi connectivity index (χ0n) is 13.4. The lowest BCUT2D eigenvalue weighted by molar-refractivity contribution is -0.0942. The molecule has 3 nitrogen and oxygen atoms in total. The van der Waals surface area contributed by atoms with Gasteiger partial charge in [0, 0.05) is 30.5 Å². The first kappa shape index (κ1) is 15.0. The summed E-state index contributed by atoms with van der Waals surface area (Å²) < 4.78 is 6.36. The zero-order valence-corrected chi connectivity index (χ0v) is 13.4. The van der Waals surface area contributed by atoms with Crippen LogP contribution in [0.5, 0.6) is 0 Å². The predicted octanol–water partition coefficient (Wildman–Crippen LogP) is 3.44. The molecule has 0 bridgehead atoms. The smallest absolute Gasteiger partial charge is 0.0841 e. The zero-order chi connectivity index (χ0) is 14.7. The van der Waals surface area contributed by atoms with Crippen LogP contribution in [-0.4, -0.2) is 30.3 Å². The van der Waals surface area contributed by atoms with E-state index < -0.39 is 0 Å². The summed E-state index contributed by atoms with van der Waals surface area (Å²) in [5.41, 5.74) is 2.75. The molecule has 2 unspecified atom stereocenters. The lowest BCUT2D eigenvalue weighted by atomic mass is 9.73. The molecular formula is C18H28N2O. The van der Waals surface area contributed by atoms with Crippen LogP contribution >= 0.6 is 0 Å². The summed E-state index contributed by atoms with van der Waals surface area (Å²) >= 11 is 0. The highest BCUT2D eigenvalue weighted by Crippen LogP contribution is 2.44. The normalized spacial score (nSPS) is 25.5. The maximum atomic E-state index is 6.36. The molecule has 0 aromatic carbocycles. The van der Waals surface area contributed by atoms with E-state index in [9.17, 15) is 0 Å². The molecule has 0 radical (unpaired) electrons. The Labute approximate surface area is 128 Å². The third-order valence-electron chi connectivity index (χ3n) is 5.41. The maximum Gasteiger partial charge on any atom is 0.0841 e. The van der Waals surface area contributed by atoms with Crippen LogP contribution in [0.1, 0.15) is 62.6 Å². The summed E-state index contributed by atoms with van der Waals surface area (Å²) in [6.45, 7) is 2.93. The first-order chi connectivity index (χ1) is 10.3. The van der Waals surface area contributed by atoms with Gasteiger partial charge < -0.3 is 10.1 Å². The Bertz CT molecular complexity index is 463. The first-order valence-corrected chi connectivity index (χ1v) is 8.56. The average Bonchev–Trinajstić information content (AvgIpc) is 2.93. The summed E-state index contributed by atoms with van der Waals surface area (Å²) in [4.78, 5) is 4.70. The fourth-order valence-electron chi connectivity index (χ4n) is 4.58. The van der Waals surface area contributed by atoms with Gasteiger partial charge >= 0.3 is 0 Å². The van der Waals surface area contributed by atoms with E-state index in [1.54, 1.807) is 0 Å². The quantitative estimate of drug-likeness (QED) is 0.901. The van der Waals surface area contributed by atoms with Crippen molar-refractivity contribution in [2.45, 2.75) is 69.4 Å². The Kier molecular flexibility index (Phi) is 4.60. The molecule has 1 fully saturated rings.